The molecule has 0 bridgehead atoms. The minimum Gasteiger partial charge on any atom is -0.493 e. The van der Waals surface area contributed by atoms with Gasteiger partial charge < -0.3 is 19.5 Å². The molecular weight excluding hydrogens is 364 g/mol. The number of ether oxygens (including phenoxy) is 3. The number of methoxy groups -OCH3 is 1. The molecule has 1 atom stereocenters. The van der Waals surface area contributed by atoms with E-state index in [1.807, 2.05) is 42.5 Å². The van der Waals surface area contributed by atoms with Gasteiger partial charge in [-0.1, -0.05) is 30.3 Å². The Kier molecular flexibility index (Phi) is 3.75. The van der Waals surface area contributed by atoms with Crippen LogP contribution in [-0.2, 0) is 4.79 Å². The predicted molar refractivity (Wildman–Crippen MR) is 102 cm³/mol. The maximum Gasteiger partial charge on any atom is 0.231 e. The van der Waals surface area contributed by atoms with Crippen LogP contribution in [0.1, 0.15) is 22.8 Å². The van der Waals surface area contributed by atoms with Crippen molar-refractivity contribution in [2.75, 3.05) is 19.2 Å². The van der Waals surface area contributed by atoms with Gasteiger partial charge in [0.15, 0.2) is 11.5 Å². The van der Waals surface area contributed by atoms with Gasteiger partial charge in [0.1, 0.15) is 5.69 Å². The molecule has 0 radical (unpaired) electrons. The minimum absolute atomic E-state index is 0.0264. The molecule has 0 saturated heterocycles. The van der Waals surface area contributed by atoms with Crippen LogP contribution in [0.2, 0.25) is 0 Å². The van der Waals surface area contributed by atoms with Crippen LogP contribution in [-0.4, -0.2) is 24.2 Å². The van der Waals surface area contributed by atoms with Crippen molar-refractivity contribution in [3.8, 4) is 28.5 Å². The number of benzene rings is 2. The Labute approximate surface area is 159 Å². The molecule has 2 aliphatic rings. The number of carbonyl (C=O) groups is 1. The molecule has 2 aromatic carbocycles. The van der Waals surface area contributed by atoms with Crippen LogP contribution in [0.15, 0.2) is 42.5 Å². The second-order valence-corrected chi connectivity index (χ2v) is 7.20. The molecule has 5 rings (SSSR count). The number of amides is 1. The molecular formula is C20H16N2O4S. The summed E-state index contributed by atoms with van der Waals surface area (Å²) >= 11 is 1.42. The van der Waals surface area contributed by atoms with Crippen LogP contribution in [0, 0.1) is 0 Å². The van der Waals surface area contributed by atoms with Crippen LogP contribution in [0.25, 0.3) is 11.3 Å². The molecule has 0 spiro atoms. The summed E-state index contributed by atoms with van der Waals surface area (Å²) < 4.78 is 21.1. The van der Waals surface area contributed by atoms with Gasteiger partial charge in [0.05, 0.1) is 17.7 Å². The average molecular weight is 380 g/mol. The third kappa shape index (κ3) is 2.62. The third-order valence-corrected chi connectivity index (χ3v) is 5.78. The van der Waals surface area contributed by atoms with Crippen molar-refractivity contribution < 1.29 is 19.0 Å². The molecule has 0 fully saturated rings. The highest BCUT2D eigenvalue weighted by atomic mass is 32.1. The van der Waals surface area contributed by atoms with E-state index in [0.29, 0.717) is 23.7 Å². The smallest absolute Gasteiger partial charge is 0.231 e. The molecule has 3 heterocycles. The zero-order valence-corrected chi connectivity index (χ0v) is 15.3. The highest BCUT2D eigenvalue weighted by Gasteiger charge is 2.33. The number of rotatable bonds is 3. The first-order chi connectivity index (χ1) is 13.2. The second kappa shape index (κ2) is 6.28. The fourth-order valence-electron chi connectivity index (χ4n) is 3.54. The Morgan fingerprint density at radius 3 is 2.89 bits per heavy atom. The number of nitrogens with zero attached hydrogens (tertiary/aromatic N) is 1. The summed E-state index contributed by atoms with van der Waals surface area (Å²) in [5, 5.41) is 3.01. The molecule has 3 aromatic rings. The fraction of sp³-hybridized carbons (Fsp3) is 0.200. The molecule has 1 aromatic heterocycles. The van der Waals surface area contributed by atoms with Crippen LogP contribution in [0.5, 0.6) is 17.2 Å². The van der Waals surface area contributed by atoms with Gasteiger partial charge in [0.25, 0.3) is 0 Å². The van der Waals surface area contributed by atoms with E-state index in [1.54, 1.807) is 7.11 Å². The van der Waals surface area contributed by atoms with Crippen molar-refractivity contribution in [1.29, 1.82) is 0 Å². The van der Waals surface area contributed by atoms with Crippen LogP contribution < -0.4 is 19.5 Å². The van der Waals surface area contributed by atoms with E-state index in [1.165, 1.54) is 11.5 Å². The molecule has 7 heteroatoms. The van der Waals surface area contributed by atoms with Gasteiger partial charge in [-0.3, -0.25) is 4.79 Å². The number of hydrogen-bond acceptors (Lipinski definition) is 6. The number of hydrogen-bond donors (Lipinski definition) is 1. The Balaban J connectivity index is 1.62. The molecule has 2 aliphatic heterocycles. The number of carbonyl (C=O) groups excluding carboxylic acids is 1. The fourth-order valence-corrected chi connectivity index (χ4v) is 4.52. The van der Waals surface area contributed by atoms with Crippen LogP contribution in [0.3, 0.4) is 0 Å². The molecule has 0 saturated carbocycles. The van der Waals surface area contributed by atoms with E-state index < -0.39 is 0 Å². The van der Waals surface area contributed by atoms with Gasteiger partial charge in [0, 0.05) is 17.9 Å². The second-order valence-electron chi connectivity index (χ2n) is 6.40. The SMILES string of the molecule is COc1cc(C2CC(=O)Nc3c(-c4ccccc4)nsc32)cc2c1OCO2. The van der Waals surface area contributed by atoms with E-state index in [9.17, 15) is 4.79 Å². The normalized spacial score (nSPS) is 17.4. The standard InChI is InChI=1S/C20H16N2O4S/c1-24-14-7-12(8-15-19(14)26-10-25-15)13-9-16(23)21-18-17(22-27-20(13)18)11-5-3-2-4-6-11/h2-8,13H,9-10H2,1H3,(H,21,23). The lowest BCUT2D eigenvalue weighted by atomic mass is 9.89. The predicted octanol–water partition coefficient (Wildman–Crippen LogP) is 4.02. The van der Waals surface area contributed by atoms with Crippen molar-refractivity contribution in [2.24, 2.45) is 0 Å². The Morgan fingerprint density at radius 2 is 2.07 bits per heavy atom. The monoisotopic (exact) mass is 380 g/mol. The largest absolute Gasteiger partial charge is 0.493 e. The average Bonchev–Trinajstić information content (AvgIpc) is 3.34. The lowest BCUT2D eigenvalue weighted by Gasteiger charge is -2.23. The van der Waals surface area contributed by atoms with Gasteiger partial charge >= 0.3 is 0 Å². The number of fused-ring (bicyclic) bond motifs is 2. The summed E-state index contributed by atoms with van der Waals surface area (Å²) in [7, 11) is 1.60. The first-order valence-electron chi connectivity index (χ1n) is 8.57. The topological polar surface area (TPSA) is 69.7 Å². The third-order valence-electron chi connectivity index (χ3n) is 4.82. The minimum atomic E-state index is -0.105. The highest BCUT2D eigenvalue weighted by Crippen LogP contribution is 2.49. The molecule has 136 valence electrons. The van der Waals surface area contributed by atoms with Gasteiger partial charge in [-0.05, 0) is 29.2 Å². The number of nitrogens with one attached hydrogen (secondary N) is 1. The summed E-state index contributed by atoms with van der Waals surface area (Å²) in [6.45, 7) is 0.171. The quantitative estimate of drug-likeness (QED) is 0.743. The van der Waals surface area contributed by atoms with Crippen molar-refractivity contribution >= 4 is 23.1 Å². The van der Waals surface area contributed by atoms with Gasteiger partial charge in [0.2, 0.25) is 18.4 Å². The van der Waals surface area contributed by atoms with Gasteiger partial charge in [-0.2, -0.15) is 4.37 Å². The molecule has 1 N–H and O–H groups in total. The number of aromatic nitrogens is 1. The molecule has 0 aliphatic carbocycles. The maximum atomic E-state index is 12.5. The first kappa shape index (κ1) is 16.1. The lowest BCUT2D eigenvalue weighted by Crippen LogP contribution is -2.22. The van der Waals surface area contributed by atoms with E-state index in [4.69, 9.17) is 14.2 Å². The van der Waals surface area contributed by atoms with Crippen molar-refractivity contribution in [3.05, 3.63) is 52.9 Å². The summed E-state index contributed by atoms with van der Waals surface area (Å²) in [5.74, 6) is 1.73. The Hall–Kier alpha value is -3.06. The number of anilines is 1. The molecule has 6 nitrogen and oxygen atoms in total. The van der Waals surface area contributed by atoms with Gasteiger partial charge in [-0.15, -0.1) is 0 Å². The Morgan fingerprint density at radius 1 is 1.22 bits per heavy atom. The van der Waals surface area contributed by atoms with E-state index >= 15 is 0 Å². The Bertz CT molecular complexity index is 1030. The van der Waals surface area contributed by atoms with E-state index in [-0.39, 0.29) is 18.6 Å². The van der Waals surface area contributed by atoms with E-state index in [0.717, 1.165) is 27.4 Å². The summed E-state index contributed by atoms with van der Waals surface area (Å²) in [5.41, 5.74) is 3.54. The summed E-state index contributed by atoms with van der Waals surface area (Å²) in [4.78, 5) is 13.5. The molecule has 27 heavy (non-hydrogen) atoms. The first-order valence-corrected chi connectivity index (χ1v) is 9.34. The summed E-state index contributed by atoms with van der Waals surface area (Å²) in [6, 6.07) is 13.7. The lowest BCUT2D eigenvalue weighted by molar-refractivity contribution is -0.116. The summed E-state index contributed by atoms with van der Waals surface area (Å²) in [6.07, 6.45) is 0.353. The molecule has 1 amide bonds. The zero-order chi connectivity index (χ0) is 18.4. The van der Waals surface area contributed by atoms with Crippen LogP contribution in [0.4, 0.5) is 5.69 Å². The van der Waals surface area contributed by atoms with Crippen molar-refractivity contribution in [2.45, 2.75) is 12.3 Å². The van der Waals surface area contributed by atoms with Crippen molar-refractivity contribution in [3.63, 3.8) is 0 Å². The zero-order valence-electron chi connectivity index (χ0n) is 14.5. The van der Waals surface area contributed by atoms with Crippen LogP contribution >= 0.6 is 11.5 Å². The highest BCUT2D eigenvalue weighted by molar-refractivity contribution is 7.07. The maximum absolute atomic E-state index is 12.5. The van der Waals surface area contributed by atoms with E-state index in [2.05, 4.69) is 9.69 Å². The van der Waals surface area contributed by atoms with Crippen molar-refractivity contribution in [1.82, 2.24) is 4.37 Å². The van der Waals surface area contributed by atoms with Gasteiger partial charge in [-0.25, -0.2) is 0 Å². The molecule has 1 unspecified atom stereocenters.